The predicted molar refractivity (Wildman–Crippen MR) is 125 cm³/mol. The molecular weight excluding hydrogens is 386 g/mol. The number of amides is 1. The Labute approximate surface area is 186 Å². The molecule has 2 fully saturated rings. The average Bonchev–Trinajstić information content (AvgIpc) is 3.64. The molecule has 0 aromatic heterocycles. The van der Waals surface area contributed by atoms with Gasteiger partial charge in [0.25, 0.3) is 0 Å². The molecule has 2 aromatic rings. The molecule has 2 aliphatic rings. The van der Waals surface area contributed by atoms with Crippen LogP contribution in [0.3, 0.4) is 0 Å². The number of hydrogen-bond donors (Lipinski definition) is 1. The third-order valence-electron chi connectivity index (χ3n) is 6.41. The Morgan fingerprint density at radius 2 is 1.74 bits per heavy atom. The summed E-state index contributed by atoms with van der Waals surface area (Å²) in [4.78, 5) is 17.3. The third kappa shape index (κ3) is 6.01. The third-order valence-corrected chi connectivity index (χ3v) is 6.41. The first-order valence-corrected chi connectivity index (χ1v) is 11.6. The highest BCUT2D eigenvalue weighted by molar-refractivity contribution is 5.78. The Hall–Kier alpha value is -2.53. The Morgan fingerprint density at radius 1 is 1.06 bits per heavy atom. The van der Waals surface area contributed by atoms with Gasteiger partial charge in [0.1, 0.15) is 5.75 Å². The fourth-order valence-corrected chi connectivity index (χ4v) is 4.51. The van der Waals surface area contributed by atoms with E-state index in [1.807, 2.05) is 19.2 Å². The smallest absolute Gasteiger partial charge is 0.234 e. The minimum Gasteiger partial charge on any atom is -0.497 e. The molecule has 1 aliphatic carbocycles. The summed E-state index contributed by atoms with van der Waals surface area (Å²) in [6.07, 6.45) is 6.28. The van der Waals surface area contributed by atoms with Crippen molar-refractivity contribution in [3.63, 3.8) is 0 Å². The van der Waals surface area contributed by atoms with E-state index in [-0.39, 0.29) is 11.9 Å². The van der Waals surface area contributed by atoms with Crippen LogP contribution in [0.2, 0.25) is 0 Å². The van der Waals surface area contributed by atoms with E-state index >= 15 is 0 Å². The van der Waals surface area contributed by atoms with E-state index in [1.165, 1.54) is 43.4 Å². The first-order valence-electron chi connectivity index (χ1n) is 11.6. The summed E-state index contributed by atoms with van der Waals surface area (Å²) in [6, 6.07) is 17.0. The molecule has 1 atom stereocenters. The number of anilines is 1. The van der Waals surface area contributed by atoms with Crippen LogP contribution < -0.4 is 15.0 Å². The summed E-state index contributed by atoms with van der Waals surface area (Å²) < 4.78 is 5.26. The molecule has 5 heteroatoms. The van der Waals surface area contributed by atoms with Gasteiger partial charge in [-0.05, 0) is 80.5 Å². The van der Waals surface area contributed by atoms with Crippen molar-refractivity contribution >= 4 is 11.6 Å². The van der Waals surface area contributed by atoms with Crippen LogP contribution in [0.1, 0.15) is 49.3 Å². The monoisotopic (exact) mass is 421 g/mol. The van der Waals surface area contributed by atoms with Gasteiger partial charge in [0.2, 0.25) is 5.91 Å². The quantitative estimate of drug-likeness (QED) is 0.652. The van der Waals surface area contributed by atoms with Gasteiger partial charge in [-0.25, -0.2) is 0 Å². The molecule has 1 aliphatic heterocycles. The van der Waals surface area contributed by atoms with Crippen molar-refractivity contribution < 1.29 is 9.53 Å². The summed E-state index contributed by atoms with van der Waals surface area (Å²) in [5.41, 5.74) is 3.72. The molecule has 4 rings (SSSR count). The van der Waals surface area contributed by atoms with E-state index in [4.69, 9.17) is 4.74 Å². The predicted octanol–water partition coefficient (Wildman–Crippen LogP) is 4.38. The zero-order chi connectivity index (χ0) is 21.6. The minimum absolute atomic E-state index is 0.0835. The number of hydrogen-bond acceptors (Lipinski definition) is 4. The molecule has 1 amide bonds. The maximum atomic E-state index is 12.8. The molecule has 0 radical (unpaired) electrons. The maximum Gasteiger partial charge on any atom is 0.234 e. The molecule has 5 nitrogen and oxygen atoms in total. The molecule has 1 saturated heterocycles. The lowest BCUT2D eigenvalue weighted by molar-refractivity contribution is -0.123. The molecule has 31 heavy (non-hydrogen) atoms. The SMILES string of the molecule is COc1ccc(C(NC(=O)CN(C)Cc2ccc(N3CCCCC3)cc2)C2CC2)cc1. The van der Waals surface area contributed by atoms with Crippen LogP contribution in [-0.2, 0) is 11.3 Å². The lowest BCUT2D eigenvalue weighted by Gasteiger charge is -2.29. The van der Waals surface area contributed by atoms with Crippen molar-refractivity contribution in [3.8, 4) is 5.75 Å². The number of carbonyl (C=O) groups is 1. The van der Waals surface area contributed by atoms with Crippen molar-refractivity contribution in [2.75, 3.05) is 38.7 Å². The molecule has 1 unspecified atom stereocenters. The second kappa shape index (κ2) is 10.2. The zero-order valence-corrected chi connectivity index (χ0v) is 18.8. The number of methoxy groups -OCH3 is 1. The molecule has 0 bridgehead atoms. The van der Waals surface area contributed by atoms with Crippen LogP contribution in [0, 0.1) is 5.92 Å². The summed E-state index contributed by atoms with van der Waals surface area (Å²) in [5, 5.41) is 3.27. The largest absolute Gasteiger partial charge is 0.497 e. The Morgan fingerprint density at radius 3 is 2.35 bits per heavy atom. The van der Waals surface area contributed by atoms with Crippen molar-refractivity contribution in [1.29, 1.82) is 0 Å². The number of nitrogens with zero attached hydrogens (tertiary/aromatic N) is 2. The molecule has 0 spiro atoms. The fraction of sp³-hybridized carbons (Fsp3) is 0.500. The van der Waals surface area contributed by atoms with Gasteiger partial charge in [0.05, 0.1) is 19.7 Å². The Bertz CT molecular complexity index is 840. The van der Waals surface area contributed by atoms with Crippen LogP contribution >= 0.6 is 0 Å². The first kappa shape index (κ1) is 21.7. The number of nitrogens with one attached hydrogen (secondary N) is 1. The van der Waals surface area contributed by atoms with Crippen LogP contribution in [0.25, 0.3) is 0 Å². The summed E-state index contributed by atoms with van der Waals surface area (Å²) >= 11 is 0. The topological polar surface area (TPSA) is 44.8 Å². The normalized spacial score (nSPS) is 17.5. The van der Waals surface area contributed by atoms with Crippen LogP contribution in [0.4, 0.5) is 5.69 Å². The minimum atomic E-state index is 0.0835. The Kier molecular flexibility index (Phi) is 7.13. The zero-order valence-electron chi connectivity index (χ0n) is 18.8. The molecule has 1 saturated carbocycles. The van der Waals surface area contributed by atoms with Gasteiger partial charge in [-0.3, -0.25) is 9.69 Å². The van der Waals surface area contributed by atoms with E-state index in [2.05, 4.69) is 51.5 Å². The van der Waals surface area contributed by atoms with Gasteiger partial charge in [-0.1, -0.05) is 24.3 Å². The van der Waals surface area contributed by atoms with Crippen LogP contribution in [-0.4, -0.2) is 44.6 Å². The van der Waals surface area contributed by atoms with Crippen LogP contribution in [0.5, 0.6) is 5.75 Å². The van der Waals surface area contributed by atoms with E-state index in [1.54, 1.807) is 7.11 Å². The second-order valence-corrected chi connectivity index (χ2v) is 9.04. The highest BCUT2D eigenvalue weighted by Gasteiger charge is 2.33. The number of likely N-dealkylation sites (N-methyl/N-ethyl adjacent to an activating group) is 1. The van der Waals surface area contributed by atoms with Gasteiger partial charge >= 0.3 is 0 Å². The molecular formula is C26H35N3O2. The van der Waals surface area contributed by atoms with E-state index in [0.29, 0.717) is 12.5 Å². The Balaban J connectivity index is 1.29. The number of piperidine rings is 1. The van der Waals surface area contributed by atoms with Crippen molar-refractivity contribution in [3.05, 3.63) is 59.7 Å². The number of benzene rings is 2. The number of rotatable bonds is 9. The molecule has 166 valence electrons. The lowest BCUT2D eigenvalue weighted by Crippen LogP contribution is -2.37. The maximum absolute atomic E-state index is 12.8. The first-order chi connectivity index (χ1) is 15.1. The van der Waals surface area contributed by atoms with Crippen molar-refractivity contribution in [2.24, 2.45) is 5.92 Å². The number of ether oxygens (including phenoxy) is 1. The summed E-state index contributed by atoms with van der Waals surface area (Å²) in [5.74, 6) is 1.47. The average molecular weight is 422 g/mol. The summed E-state index contributed by atoms with van der Waals surface area (Å²) in [6.45, 7) is 3.49. The van der Waals surface area contributed by atoms with E-state index < -0.39 is 0 Å². The number of carbonyl (C=O) groups excluding carboxylic acids is 1. The lowest BCUT2D eigenvalue weighted by atomic mass is 10.0. The highest BCUT2D eigenvalue weighted by atomic mass is 16.5. The molecule has 1 heterocycles. The van der Waals surface area contributed by atoms with Gasteiger partial charge < -0.3 is 15.0 Å². The fourth-order valence-electron chi connectivity index (χ4n) is 4.51. The molecule has 1 N–H and O–H groups in total. The van der Waals surface area contributed by atoms with E-state index in [9.17, 15) is 4.79 Å². The van der Waals surface area contributed by atoms with Gasteiger partial charge in [0, 0.05) is 25.3 Å². The van der Waals surface area contributed by atoms with Gasteiger partial charge in [0.15, 0.2) is 0 Å². The van der Waals surface area contributed by atoms with E-state index in [0.717, 1.165) is 30.9 Å². The highest BCUT2D eigenvalue weighted by Crippen LogP contribution is 2.41. The van der Waals surface area contributed by atoms with Gasteiger partial charge in [-0.15, -0.1) is 0 Å². The second-order valence-electron chi connectivity index (χ2n) is 9.04. The van der Waals surface area contributed by atoms with Crippen LogP contribution in [0.15, 0.2) is 48.5 Å². The summed E-state index contributed by atoms with van der Waals surface area (Å²) in [7, 11) is 3.68. The van der Waals surface area contributed by atoms with Crippen molar-refractivity contribution in [2.45, 2.75) is 44.7 Å². The molecule has 2 aromatic carbocycles. The standard InChI is InChI=1S/C26H35N3O2/c1-28(18-20-6-12-23(13-7-20)29-16-4-3-5-17-29)19-25(30)27-26(21-8-9-21)22-10-14-24(31-2)15-11-22/h6-7,10-15,21,26H,3-5,8-9,16-19H2,1-2H3,(H,27,30). The van der Waals surface area contributed by atoms with Crippen molar-refractivity contribution in [1.82, 2.24) is 10.2 Å². The van der Waals surface area contributed by atoms with Gasteiger partial charge in [-0.2, -0.15) is 0 Å².